The van der Waals surface area contributed by atoms with E-state index in [1.54, 1.807) is 0 Å². The van der Waals surface area contributed by atoms with Crippen LogP contribution in [0, 0.1) is 0 Å². The van der Waals surface area contributed by atoms with Crippen molar-refractivity contribution in [2.45, 2.75) is 51.9 Å². The third-order valence-corrected chi connectivity index (χ3v) is 3.71. The highest BCUT2D eigenvalue weighted by Crippen LogP contribution is 2.19. The average molecular weight is 267 g/mol. The first-order valence-electron chi connectivity index (χ1n) is 7.90. The van der Waals surface area contributed by atoms with E-state index < -0.39 is 0 Å². The highest BCUT2D eigenvalue weighted by molar-refractivity contribution is 5.63. The van der Waals surface area contributed by atoms with Crippen LogP contribution in [0.2, 0.25) is 0 Å². The van der Waals surface area contributed by atoms with Gasteiger partial charge in [-0.05, 0) is 36.1 Å². The first-order chi connectivity index (χ1) is 9.90. The number of pyridine rings is 1. The Morgan fingerprint density at radius 2 is 1.55 bits per heavy atom. The first-order valence-corrected chi connectivity index (χ1v) is 7.90. The van der Waals surface area contributed by atoms with Gasteiger partial charge in [0, 0.05) is 11.9 Å². The molecule has 0 aliphatic heterocycles. The molecular weight excluding hydrogens is 242 g/mol. The maximum atomic E-state index is 4.50. The smallest absolute Gasteiger partial charge is 0.0409 e. The molecule has 0 amide bonds. The molecule has 2 rings (SSSR count). The summed E-state index contributed by atoms with van der Waals surface area (Å²) in [5, 5.41) is 0. The zero-order valence-corrected chi connectivity index (χ0v) is 12.5. The lowest BCUT2D eigenvalue weighted by Crippen LogP contribution is -1.91. The van der Waals surface area contributed by atoms with Crippen LogP contribution in [-0.4, -0.2) is 4.98 Å². The molecule has 106 valence electrons. The van der Waals surface area contributed by atoms with Crippen LogP contribution in [0.25, 0.3) is 11.1 Å². The van der Waals surface area contributed by atoms with E-state index in [0.29, 0.717) is 0 Å². The number of nitrogens with zero attached hydrogens (tertiary/aromatic N) is 1. The topological polar surface area (TPSA) is 12.9 Å². The lowest BCUT2D eigenvalue weighted by atomic mass is 10.0. The maximum Gasteiger partial charge on any atom is 0.0409 e. The summed E-state index contributed by atoms with van der Waals surface area (Å²) < 4.78 is 0. The Hall–Kier alpha value is -1.63. The predicted molar refractivity (Wildman–Crippen MR) is 86.8 cm³/mol. The molecule has 0 atom stereocenters. The lowest BCUT2D eigenvalue weighted by Gasteiger charge is -2.05. The molecule has 1 aromatic heterocycles. The first kappa shape index (κ1) is 14.8. The third-order valence-electron chi connectivity index (χ3n) is 3.71. The second-order valence-electron chi connectivity index (χ2n) is 5.42. The normalized spacial score (nSPS) is 10.7. The van der Waals surface area contributed by atoms with E-state index in [0.717, 1.165) is 6.42 Å². The Kier molecular flexibility index (Phi) is 6.30. The summed E-state index contributed by atoms with van der Waals surface area (Å²) in [7, 11) is 0. The Bertz CT molecular complexity index is 490. The van der Waals surface area contributed by atoms with Gasteiger partial charge in [0.05, 0.1) is 0 Å². The molecule has 0 bridgehead atoms. The minimum absolute atomic E-state index is 1.10. The minimum atomic E-state index is 1.10. The van der Waals surface area contributed by atoms with Crippen LogP contribution in [0.15, 0.2) is 48.7 Å². The highest BCUT2D eigenvalue weighted by atomic mass is 14.7. The summed E-state index contributed by atoms with van der Waals surface area (Å²) in [6.45, 7) is 2.26. The van der Waals surface area contributed by atoms with E-state index in [4.69, 9.17) is 0 Å². The largest absolute Gasteiger partial charge is 0.261 e. The van der Waals surface area contributed by atoms with E-state index in [9.17, 15) is 0 Å². The molecule has 0 saturated heterocycles. The van der Waals surface area contributed by atoms with Crippen LogP contribution in [0.4, 0.5) is 0 Å². The second kappa shape index (κ2) is 8.52. The Labute approximate surface area is 123 Å². The van der Waals surface area contributed by atoms with Gasteiger partial charge < -0.3 is 0 Å². The van der Waals surface area contributed by atoms with Crippen molar-refractivity contribution in [3.05, 3.63) is 54.4 Å². The molecule has 0 N–H and O–H groups in total. The van der Waals surface area contributed by atoms with Crippen molar-refractivity contribution in [2.24, 2.45) is 0 Å². The SMILES string of the molecule is CCCCCCCCc1cc(-c2ccccc2)ccn1. The number of rotatable bonds is 8. The molecule has 0 aliphatic rings. The molecule has 0 fully saturated rings. The molecule has 20 heavy (non-hydrogen) atoms. The van der Waals surface area contributed by atoms with E-state index in [1.165, 1.54) is 55.3 Å². The Morgan fingerprint density at radius 3 is 2.35 bits per heavy atom. The van der Waals surface area contributed by atoms with Crippen molar-refractivity contribution in [1.82, 2.24) is 4.98 Å². The zero-order chi connectivity index (χ0) is 14.0. The Morgan fingerprint density at radius 1 is 0.800 bits per heavy atom. The molecule has 1 heteroatoms. The van der Waals surface area contributed by atoms with E-state index in [-0.39, 0.29) is 0 Å². The molecule has 0 radical (unpaired) electrons. The molecular formula is C19H25N. The fourth-order valence-corrected chi connectivity index (χ4v) is 2.51. The van der Waals surface area contributed by atoms with Gasteiger partial charge in [0.2, 0.25) is 0 Å². The number of benzene rings is 1. The Balaban J connectivity index is 1.84. The van der Waals surface area contributed by atoms with E-state index >= 15 is 0 Å². The van der Waals surface area contributed by atoms with Gasteiger partial charge in [0.15, 0.2) is 0 Å². The highest BCUT2D eigenvalue weighted by Gasteiger charge is 2.00. The van der Waals surface area contributed by atoms with Crippen molar-refractivity contribution in [3.8, 4) is 11.1 Å². The summed E-state index contributed by atoms with van der Waals surface area (Å²) in [5.74, 6) is 0. The van der Waals surface area contributed by atoms with Crippen molar-refractivity contribution in [1.29, 1.82) is 0 Å². The fraction of sp³-hybridized carbons (Fsp3) is 0.421. The molecule has 1 heterocycles. The van der Waals surface area contributed by atoms with Crippen molar-refractivity contribution < 1.29 is 0 Å². The van der Waals surface area contributed by atoms with Crippen LogP contribution < -0.4 is 0 Å². The van der Waals surface area contributed by atoms with Crippen LogP contribution in [-0.2, 0) is 6.42 Å². The van der Waals surface area contributed by atoms with Gasteiger partial charge >= 0.3 is 0 Å². The monoisotopic (exact) mass is 267 g/mol. The quantitative estimate of drug-likeness (QED) is 0.563. The predicted octanol–water partition coefficient (Wildman–Crippen LogP) is 5.65. The number of aryl methyl sites for hydroxylation is 1. The van der Waals surface area contributed by atoms with Gasteiger partial charge in [-0.25, -0.2) is 0 Å². The summed E-state index contributed by atoms with van der Waals surface area (Å²) >= 11 is 0. The van der Waals surface area contributed by atoms with E-state index in [1.807, 2.05) is 6.20 Å². The number of unbranched alkanes of at least 4 members (excludes halogenated alkanes) is 5. The summed E-state index contributed by atoms with van der Waals surface area (Å²) in [5.41, 5.74) is 3.78. The van der Waals surface area contributed by atoms with Gasteiger partial charge in [-0.1, -0.05) is 69.4 Å². The van der Waals surface area contributed by atoms with Gasteiger partial charge in [-0.3, -0.25) is 4.98 Å². The minimum Gasteiger partial charge on any atom is -0.261 e. The molecule has 0 unspecified atom stereocenters. The van der Waals surface area contributed by atoms with Crippen molar-refractivity contribution in [2.75, 3.05) is 0 Å². The van der Waals surface area contributed by atoms with Gasteiger partial charge in [0.25, 0.3) is 0 Å². The average Bonchev–Trinajstić information content (AvgIpc) is 2.52. The number of aromatic nitrogens is 1. The summed E-state index contributed by atoms with van der Waals surface area (Å²) in [4.78, 5) is 4.50. The van der Waals surface area contributed by atoms with Crippen LogP contribution >= 0.6 is 0 Å². The third kappa shape index (κ3) is 4.80. The van der Waals surface area contributed by atoms with Crippen LogP contribution in [0.5, 0.6) is 0 Å². The molecule has 0 aliphatic carbocycles. The van der Waals surface area contributed by atoms with Gasteiger partial charge in [0.1, 0.15) is 0 Å². The summed E-state index contributed by atoms with van der Waals surface area (Å²) in [6.07, 6.45) is 11.1. The molecule has 1 nitrogen and oxygen atoms in total. The van der Waals surface area contributed by atoms with Gasteiger partial charge in [-0.2, -0.15) is 0 Å². The lowest BCUT2D eigenvalue weighted by molar-refractivity contribution is 0.605. The number of hydrogen-bond donors (Lipinski definition) is 0. The van der Waals surface area contributed by atoms with E-state index in [2.05, 4.69) is 54.4 Å². The maximum absolute atomic E-state index is 4.50. The van der Waals surface area contributed by atoms with Crippen molar-refractivity contribution >= 4 is 0 Å². The summed E-state index contributed by atoms with van der Waals surface area (Å²) in [6, 6.07) is 14.9. The van der Waals surface area contributed by atoms with Crippen LogP contribution in [0.1, 0.15) is 51.1 Å². The molecule has 2 aromatic rings. The fourth-order valence-electron chi connectivity index (χ4n) is 2.51. The van der Waals surface area contributed by atoms with Crippen LogP contribution in [0.3, 0.4) is 0 Å². The second-order valence-corrected chi connectivity index (χ2v) is 5.42. The molecule has 0 saturated carbocycles. The number of hydrogen-bond acceptors (Lipinski definition) is 1. The molecule has 0 spiro atoms. The van der Waals surface area contributed by atoms with Crippen molar-refractivity contribution in [3.63, 3.8) is 0 Å². The molecule has 1 aromatic carbocycles. The van der Waals surface area contributed by atoms with Gasteiger partial charge in [-0.15, -0.1) is 0 Å². The zero-order valence-electron chi connectivity index (χ0n) is 12.5. The standard InChI is InChI=1S/C19H25N/c1-2-3-4-5-6-10-13-19-16-18(14-15-20-19)17-11-8-7-9-12-17/h7-9,11-12,14-16H,2-6,10,13H2,1H3.